The average Bonchev–Trinajstić information content (AvgIpc) is 3.02. The number of aryl methyl sites for hydroxylation is 1. The van der Waals surface area contributed by atoms with E-state index in [2.05, 4.69) is 20.8 Å². The van der Waals surface area contributed by atoms with Gasteiger partial charge in [0.1, 0.15) is 0 Å². The van der Waals surface area contributed by atoms with Gasteiger partial charge in [0.15, 0.2) is 0 Å². The fraction of sp³-hybridized carbons (Fsp3) is 0.412. The number of hydrogen-bond donors (Lipinski definition) is 2. The van der Waals surface area contributed by atoms with Gasteiger partial charge in [0.05, 0.1) is 6.54 Å². The van der Waals surface area contributed by atoms with E-state index in [4.69, 9.17) is 16.1 Å². The molecule has 2 rings (SSSR count). The quantitative estimate of drug-likeness (QED) is 0.749. The molecule has 0 aliphatic carbocycles. The van der Waals surface area contributed by atoms with Gasteiger partial charge in [-0.3, -0.25) is 9.59 Å². The average molecular weight is 365 g/mol. The maximum absolute atomic E-state index is 11.7. The Labute approximate surface area is 151 Å². The number of carbonyl (C=O) groups excluding carboxylic acids is 2. The van der Waals surface area contributed by atoms with Gasteiger partial charge in [-0.25, -0.2) is 0 Å². The van der Waals surface area contributed by atoms with Crippen molar-refractivity contribution in [3.05, 3.63) is 35.2 Å². The largest absolute Gasteiger partial charge is 0.352 e. The molecule has 1 heterocycles. The summed E-state index contributed by atoms with van der Waals surface area (Å²) in [4.78, 5) is 27.5. The molecule has 0 spiro atoms. The predicted octanol–water partition coefficient (Wildman–Crippen LogP) is 2.35. The number of benzene rings is 1. The number of aromatic nitrogens is 2. The van der Waals surface area contributed by atoms with Crippen molar-refractivity contribution < 1.29 is 14.1 Å². The van der Waals surface area contributed by atoms with Crippen molar-refractivity contribution in [3.8, 4) is 11.4 Å². The van der Waals surface area contributed by atoms with Gasteiger partial charge in [-0.1, -0.05) is 16.8 Å². The van der Waals surface area contributed by atoms with E-state index >= 15 is 0 Å². The highest BCUT2D eigenvalue weighted by Crippen LogP contribution is 2.19. The van der Waals surface area contributed by atoms with E-state index in [1.807, 2.05) is 26.0 Å². The summed E-state index contributed by atoms with van der Waals surface area (Å²) < 4.78 is 5.18. The van der Waals surface area contributed by atoms with Crippen LogP contribution >= 0.6 is 11.6 Å². The molecule has 0 fully saturated rings. The molecule has 2 aromatic rings. The summed E-state index contributed by atoms with van der Waals surface area (Å²) in [7, 11) is 0. The summed E-state index contributed by atoms with van der Waals surface area (Å²) >= 11 is 5.85. The lowest BCUT2D eigenvalue weighted by Crippen LogP contribution is -2.39. The van der Waals surface area contributed by atoms with E-state index < -0.39 is 0 Å². The molecule has 0 aliphatic rings. The Morgan fingerprint density at radius 2 is 1.92 bits per heavy atom. The minimum absolute atomic E-state index is 0.0156. The highest BCUT2D eigenvalue weighted by atomic mass is 35.5. The first-order valence-corrected chi connectivity index (χ1v) is 8.46. The molecule has 1 aromatic carbocycles. The molecule has 8 heteroatoms. The van der Waals surface area contributed by atoms with Crippen LogP contribution in [0, 0.1) is 0 Å². The molecule has 0 atom stereocenters. The zero-order valence-electron chi connectivity index (χ0n) is 14.2. The van der Waals surface area contributed by atoms with Crippen LogP contribution in [0.3, 0.4) is 0 Å². The van der Waals surface area contributed by atoms with Crippen LogP contribution in [0.1, 0.15) is 32.6 Å². The Balaban J connectivity index is 1.72. The van der Waals surface area contributed by atoms with E-state index in [0.29, 0.717) is 29.6 Å². The molecule has 2 amide bonds. The highest BCUT2D eigenvalue weighted by Gasteiger charge is 2.10. The Morgan fingerprint density at radius 1 is 1.20 bits per heavy atom. The van der Waals surface area contributed by atoms with Gasteiger partial charge in [0.2, 0.25) is 23.5 Å². The molecule has 0 saturated carbocycles. The number of nitrogens with zero attached hydrogens (tertiary/aromatic N) is 2. The first-order valence-electron chi connectivity index (χ1n) is 8.08. The van der Waals surface area contributed by atoms with Crippen LogP contribution in [0.15, 0.2) is 28.8 Å². The van der Waals surface area contributed by atoms with Crippen LogP contribution in [-0.2, 0) is 16.0 Å². The molecule has 0 aliphatic heterocycles. The number of rotatable bonds is 8. The monoisotopic (exact) mass is 364 g/mol. The fourth-order valence-electron chi connectivity index (χ4n) is 2.11. The molecular formula is C17H21ClN4O3. The summed E-state index contributed by atoms with van der Waals surface area (Å²) in [5, 5.41) is 9.84. The van der Waals surface area contributed by atoms with E-state index in [-0.39, 0.29) is 30.8 Å². The third-order valence-electron chi connectivity index (χ3n) is 3.26. The van der Waals surface area contributed by atoms with Gasteiger partial charge in [-0.2, -0.15) is 4.98 Å². The molecule has 25 heavy (non-hydrogen) atoms. The maximum atomic E-state index is 11.7. The lowest BCUT2D eigenvalue weighted by molar-refractivity contribution is -0.126. The van der Waals surface area contributed by atoms with E-state index in [1.165, 1.54) is 0 Å². The highest BCUT2D eigenvalue weighted by molar-refractivity contribution is 6.30. The third kappa shape index (κ3) is 6.54. The van der Waals surface area contributed by atoms with E-state index in [1.54, 1.807) is 12.1 Å². The normalized spacial score (nSPS) is 10.7. The van der Waals surface area contributed by atoms with Crippen molar-refractivity contribution in [2.75, 3.05) is 6.54 Å². The van der Waals surface area contributed by atoms with Crippen LogP contribution in [0.2, 0.25) is 5.02 Å². The second-order valence-electron chi connectivity index (χ2n) is 5.87. The van der Waals surface area contributed by atoms with Gasteiger partial charge in [-0.05, 0) is 44.5 Å². The van der Waals surface area contributed by atoms with Crippen LogP contribution in [0.4, 0.5) is 0 Å². The number of amides is 2. The van der Waals surface area contributed by atoms with Crippen molar-refractivity contribution in [1.29, 1.82) is 0 Å². The summed E-state index contributed by atoms with van der Waals surface area (Å²) in [5.74, 6) is 0.570. The van der Waals surface area contributed by atoms with Crippen LogP contribution < -0.4 is 10.6 Å². The van der Waals surface area contributed by atoms with Crippen molar-refractivity contribution in [2.45, 2.75) is 39.2 Å². The minimum Gasteiger partial charge on any atom is -0.352 e. The fourth-order valence-corrected chi connectivity index (χ4v) is 2.24. The second-order valence-corrected chi connectivity index (χ2v) is 6.31. The van der Waals surface area contributed by atoms with Crippen molar-refractivity contribution in [3.63, 3.8) is 0 Å². The van der Waals surface area contributed by atoms with Gasteiger partial charge < -0.3 is 15.2 Å². The molecule has 134 valence electrons. The lowest BCUT2D eigenvalue weighted by Gasteiger charge is -2.08. The molecular weight excluding hydrogens is 344 g/mol. The van der Waals surface area contributed by atoms with E-state index in [9.17, 15) is 9.59 Å². The maximum Gasteiger partial charge on any atom is 0.239 e. The van der Waals surface area contributed by atoms with Crippen molar-refractivity contribution >= 4 is 23.4 Å². The molecule has 1 aromatic heterocycles. The third-order valence-corrected chi connectivity index (χ3v) is 3.51. The molecule has 0 unspecified atom stereocenters. The van der Waals surface area contributed by atoms with Gasteiger partial charge in [0, 0.05) is 29.5 Å². The van der Waals surface area contributed by atoms with Gasteiger partial charge in [0.25, 0.3) is 0 Å². The van der Waals surface area contributed by atoms with E-state index in [0.717, 1.165) is 5.56 Å². The minimum atomic E-state index is -0.201. The summed E-state index contributed by atoms with van der Waals surface area (Å²) in [6.45, 7) is 3.71. The number of carbonyl (C=O) groups is 2. The lowest BCUT2D eigenvalue weighted by atomic mass is 10.2. The van der Waals surface area contributed by atoms with Gasteiger partial charge >= 0.3 is 0 Å². The Morgan fingerprint density at radius 3 is 2.60 bits per heavy atom. The molecule has 0 saturated heterocycles. The van der Waals surface area contributed by atoms with Crippen LogP contribution in [0.25, 0.3) is 11.4 Å². The Hall–Kier alpha value is -2.41. The van der Waals surface area contributed by atoms with Crippen LogP contribution in [0.5, 0.6) is 0 Å². The first-order chi connectivity index (χ1) is 11.9. The molecule has 0 radical (unpaired) electrons. The van der Waals surface area contributed by atoms with Gasteiger partial charge in [-0.15, -0.1) is 0 Å². The predicted molar refractivity (Wildman–Crippen MR) is 94.0 cm³/mol. The Bertz CT molecular complexity index is 713. The zero-order valence-corrected chi connectivity index (χ0v) is 15.0. The first kappa shape index (κ1) is 18.9. The standard InChI is InChI=1S/C17H21ClN4O3/c1-11(2)20-15(24)10-19-14(23)4-3-5-16-21-17(22-25-16)12-6-8-13(18)9-7-12/h6-9,11H,3-5,10H2,1-2H3,(H,19,23)(H,20,24). The number of hydrogen-bond acceptors (Lipinski definition) is 5. The Kier molecular flexibility index (Phi) is 6.94. The second kappa shape index (κ2) is 9.17. The summed E-state index contributed by atoms with van der Waals surface area (Å²) in [6.07, 6.45) is 1.33. The summed E-state index contributed by atoms with van der Waals surface area (Å²) in [5.41, 5.74) is 0.813. The molecule has 0 bridgehead atoms. The summed E-state index contributed by atoms with van der Waals surface area (Å²) in [6, 6.07) is 7.19. The molecule has 7 nitrogen and oxygen atoms in total. The van der Waals surface area contributed by atoms with Crippen molar-refractivity contribution in [2.24, 2.45) is 0 Å². The topological polar surface area (TPSA) is 97.1 Å². The molecule has 2 N–H and O–H groups in total. The van der Waals surface area contributed by atoms with Crippen molar-refractivity contribution in [1.82, 2.24) is 20.8 Å². The smallest absolute Gasteiger partial charge is 0.239 e. The zero-order chi connectivity index (χ0) is 18.2. The SMILES string of the molecule is CC(C)NC(=O)CNC(=O)CCCc1nc(-c2ccc(Cl)cc2)no1. The number of nitrogens with one attached hydrogen (secondary N) is 2. The number of halogens is 1. The van der Waals surface area contributed by atoms with Crippen LogP contribution in [-0.4, -0.2) is 34.5 Å².